The Morgan fingerprint density at radius 1 is 1.08 bits per heavy atom. The van der Waals surface area contributed by atoms with Crippen molar-refractivity contribution in [2.24, 2.45) is 0 Å². The fourth-order valence-electron chi connectivity index (χ4n) is 3.46. The highest BCUT2D eigenvalue weighted by Gasteiger charge is 2.41. The third-order valence-electron chi connectivity index (χ3n) is 4.95. The Labute approximate surface area is 152 Å². The van der Waals surface area contributed by atoms with Gasteiger partial charge in [-0.2, -0.15) is 10.2 Å². The number of piperidine rings is 1. The number of carbonyl (C=O) groups excluding carboxylic acids is 1. The largest absolute Gasteiger partial charge is 0.350 e. The van der Waals surface area contributed by atoms with E-state index < -0.39 is 5.54 Å². The van der Waals surface area contributed by atoms with Gasteiger partial charge in [0, 0.05) is 31.3 Å². The summed E-state index contributed by atoms with van der Waals surface area (Å²) in [5.41, 5.74) is 1.44. The SMILES string of the molecule is O=C(NCc1ccc(-n2cccn2)cc1)C1(n2cccn2)CCNCC1. The number of hydrogen-bond donors (Lipinski definition) is 2. The molecule has 3 heterocycles. The number of nitrogens with zero attached hydrogens (tertiary/aromatic N) is 4. The summed E-state index contributed by atoms with van der Waals surface area (Å²) in [6.07, 6.45) is 8.73. The van der Waals surface area contributed by atoms with E-state index >= 15 is 0 Å². The zero-order chi connectivity index (χ0) is 17.8. The molecule has 0 aliphatic carbocycles. The molecule has 2 aromatic heterocycles. The number of rotatable bonds is 5. The number of hydrogen-bond acceptors (Lipinski definition) is 4. The van der Waals surface area contributed by atoms with Crippen LogP contribution in [0.25, 0.3) is 5.69 Å². The van der Waals surface area contributed by atoms with Gasteiger partial charge in [0.25, 0.3) is 0 Å². The Morgan fingerprint density at radius 3 is 2.46 bits per heavy atom. The number of nitrogens with one attached hydrogen (secondary N) is 2. The Kier molecular flexibility index (Phi) is 4.53. The van der Waals surface area contributed by atoms with E-state index in [1.807, 2.05) is 58.2 Å². The summed E-state index contributed by atoms with van der Waals surface area (Å²) < 4.78 is 3.62. The first-order valence-electron chi connectivity index (χ1n) is 8.86. The highest BCUT2D eigenvalue weighted by atomic mass is 16.2. The summed E-state index contributed by atoms with van der Waals surface area (Å²) in [6.45, 7) is 2.12. The molecule has 1 saturated heterocycles. The van der Waals surface area contributed by atoms with Crippen LogP contribution in [0.15, 0.2) is 61.2 Å². The van der Waals surface area contributed by atoms with E-state index in [1.54, 1.807) is 12.4 Å². The third-order valence-corrected chi connectivity index (χ3v) is 4.95. The highest BCUT2D eigenvalue weighted by molar-refractivity contribution is 5.84. The molecule has 26 heavy (non-hydrogen) atoms. The van der Waals surface area contributed by atoms with Crippen LogP contribution < -0.4 is 10.6 Å². The van der Waals surface area contributed by atoms with E-state index in [2.05, 4.69) is 20.8 Å². The molecule has 1 aromatic carbocycles. The minimum Gasteiger partial charge on any atom is -0.350 e. The molecular formula is C19H22N6O. The highest BCUT2D eigenvalue weighted by Crippen LogP contribution is 2.27. The van der Waals surface area contributed by atoms with E-state index in [4.69, 9.17) is 0 Å². The fraction of sp³-hybridized carbons (Fsp3) is 0.316. The molecule has 4 rings (SSSR count). The number of carbonyl (C=O) groups is 1. The second-order valence-corrected chi connectivity index (χ2v) is 6.53. The van der Waals surface area contributed by atoms with E-state index in [0.717, 1.165) is 37.2 Å². The van der Waals surface area contributed by atoms with Gasteiger partial charge >= 0.3 is 0 Å². The van der Waals surface area contributed by atoms with Crippen LogP contribution in [0.1, 0.15) is 18.4 Å². The maximum Gasteiger partial charge on any atom is 0.248 e. The van der Waals surface area contributed by atoms with Crippen LogP contribution >= 0.6 is 0 Å². The van der Waals surface area contributed by atoms with Crippen molar-refractivity contribution in [2.75, 3.05) is 13.1 Å². The lowest BCUT2D eigenvalue weighted by atomic mass is 9.87. The topological polar surface area (TPSA) is 76.8 Å². The molecule has 1 amide bonds. The van der Waals surface area contributed by atoms with Crippen LogP contribution in [0.2, 0.25) is 0 Å². The Morgan fingerprint density at radius 2 is 1.81 bits per heavy atom. The molecule has 2 N–H and O–H groups in total. The van der Waals surface area contributed by atoms with Crippen molar-refractivity contribution < 1.29 is 4.79 Å². The van der Waals surface area contributed by atoms with Crippen LogP contribution in [0.4, 0.5) is 0 Å². The molecule has 0 bridgehead atoms. The number of aromatic nitrogens is 4. The molecule has 0 atom stereocenters. The normalized spacial score (nSPS) is 16.3. The molecule has 0 saturated carbocycles. The van der Waals surface area contributed by atoms with Gasteiger partial charge < -0.3 is 10.6 Å². The van der Waals surface area contributed by atoms with Gasteiger partial charge in [-0.15, -0.1) is 0 Å². The summed E-state index contributed by atoms with van der Waals surface area (Å²) in [6, 6.07) is 11.8. The standard InChI is InChI=1S/C19H22N6O/c26-18(19(7-11-20-12-8-19)25-14-2-10-23-25)21-15-16-3-5-17(6-4-16)24-13-1-9-22-24/h1-6,9-10,13-14,20H,7-8,11-12,15H2,(H,21,26). The van der Waals surface area contributed by atoms with Crippen LogP contribution in [0.5, 0.6) is 0 Å². The zero-order valence-corrected chi connectivity index (χ0v) is 14.5. The monoisotopic (exact) mass is 350 g/mol. The molecule has 0 unspecified atom stereocenters. The van der Waals surface area contributed by atoms with Gasteiger partial charge in [-0.3, -0.25) is 9.48 Å². The lowest BCUT2D eigenvalue weighted by Crippen LogP contribution is -2.54. The van der Waals surface area contributed by atoms with Crippen molar-refractivity contribution in [3.63, 3.8) is 0 Å². The number of benzene rings is 1. The summed E-state index contributed by atoms with van der Waals surface area (Å²) in [7, 11) is 0. The maximum atomic E-state index is 13.0. The van der Waals surface area contributed by atoms with Gasteiger partial charge in [-0.25, -0.2) is 4.68 Å². The molecule has 7 heteroatoms. The van der Waals surface area contributed by atoms with Gasteiger partial charge in [0.1, 0.15) is 5.54 Å². The third kappa shape index (κ3) is 3.13. The predicted octanol–water partition coefficient (Wildman–Crippen LogP) is 1.46. The lowest BCUT2D eigenvalue weighted by Gasteiger charge is -2.36. The lowest BCUT2D eigenvalue weighted by molar-refractivity contribution is -0.132. The van der Waals surface area contributed by atoms with Gasteiger partial charge in [0.2, 0.25) is 5.91 Å². The van der Waals surface area contributed by atoms with E-state index in [9.17, 15) is 4.79 Å². The molecule has 134 valence electrons. The summed E-state index contributed by atoms with van der Waals surface area (Å²) in [5, 5.41) is 15.0. The van der Waals surface area contributed by atoms with Gasteiger partial charge in [0.15, 0.2) is 0 Å². The fourth-order valence-corrected chi connectivity index (χ4v) is 3.46. The molecule has 1 aliphatic rings. The van der Waals surface area contributed by atoms with Crippen LogP contribution in [0, 0.1) is 0 Å². The smallest absolute Gasteiger partial charge is 0.248 e. The van der Waals surface area contributed by atoms with E-state index in [0.29, 0.717) is 6.54 Å². The quantitative estimate of drug-likeness (QED) is 0.730. The molecule has 3 aromatic rings. The Hall–Kier alpha value is -2.93. The molecule has 1 aliphatic heterocycles. The van der Waals surface area contributed by atoms with E-state index in [-0.39, 0.29) is 5.91 Å². The van der Waals surface area contributed by atoms with Gasteiger partial charge in [0.05, 0.1) is 5.69 Å². The summed E-state index contributed by atoms with van der Waals surface area (Å²) in [5.74, 6) is 0.0267. The number of amides is 1. The van der Waals surface area contributed by atoms with Crippen LogP contribution in [0.3, 0.4) is 0 Å². The van der Waals surface area contributed by atoms with Crippen molar-refractivity contribution in [1.29, 1.82) is 0 Å². The minimum absolute atomic E-state index is 0.0267. The van der Waals surface area contributed by atoms with Gasteiger partial charge in [-0.1, -0.05) is 12.1 Å². The first-order chi connectivity index (χ1) is 12.8. The Balaban J connectivity index is 1.45. The average Bonchev–Trinajstić information content (AvgIpc) is 3.41. The van der Waals surface area contributed by atoms with Crippen LogP contribution in [-0.2, 0) is 16.9 Å². The van der Waals surface area contributed by atoms with Crippen molar-refractivity contribution in [1.82, 2.24) is 30.2 Å². The van der Waals surface area contributed by atoms with E-state index in [1.165, 1.54) is 0 Å². The maximum absolute atomic E-state index is 13.0. The van der Waals surface area contributed by atoms with Crippen molar-refractivity contribution in [3.8, 4) is 5.69 Å². The molecular weight excluding hydrogens is 328 g/mol. The van der Waals surface area contributed by atoms with Crippen molar-refractivity contribution in [3.05, 3.63) is 66.7 Å². The summed E-state index contributed by atoms with van der Waals surface area (Å²) >= 11 is 0. The zero-order valence-electron chi connectivity index (χ0n) is 14.5. The van der Waals surface area contributed by atoms with Crippen molar-refractivity contribution in [2.45, 2.75) is 24.9 Å². The average molecular weight is 350 g/mol. The molecule has 0 spiro atoms. The minimum atomic E-state index is -0.607. The first kappa shape index (κ1) is 16.5. The van der Waals surface area contributed by atoms with Crippen LogP contribution in [-0.4, -0.2) is 38.6 Å². The predicted molar refractivity (Wildman–Crippen MR) is 97.7 cm³/mol. The molecule has 7 nitrogen and oxygen atoms in total. The summed E-state index contributed by atoms with van der Waals surface area (Å²) in [4.78, 5) is 13.0. The molecule has 1 fully saturated rings. The first-order valence-corrected chi connectivity index (χ1v) is 8.86. The second kappa shape index (κ2) is 7.13. The Bertz CT molecular complexity index is 833. The molecule has 0 radical (unpaired) electrons. The van der Waals surface area contributed by atoms with Gasteiger partial charge in [-0.05, 0) is 55.8 Å². The van der Waals surface area contributed by atoms with Crippen molar-refractivity contribution >= 4 is 5.91 Å². The second-order valence-electron chi connectivity index (χ2n) is 6.53.